The van der Waals surface area contributed by atoms with Crippen LogP contribution >= 0.6 is 0 Å². The molecule has 11 heavy (non-hydrogen) atoms. The van der Waals surface area contributed by atoms with Crippen LogP contribution in [-0.4, -0.2) is 48.9 Å². The third-order valence-electron chi connectivity index (χ3n) is 1.82. The molecule has 5 nitrogen and oxygen atoms in total. The number of hydrogen-bond donors (Lipinski definition) is 3. The highest BCUT2D eigenvalue weighted by Crippen LogP contribution is 1.99. The van der Waals surface area contributed by atoms with Gasteiger partial charge in [0.05, 0.1) is 6.17 Å². The zero-order chi connectivity index (χ0) is 8.27. The van der Waals surface area contributed by atoms with Gasteiger partial charge in [0, 0.05) is 19.6 Å². The molecule has 0 radical (unpaired) electrons. The number of piperazine rings is 1. The Bertz CT molecular complexity index is 151. The van der Waals surface area contributed by atoms with Crippen molar-refractivity contribution >= 4 is 6.09 Å². The average Bonchev–Trinajstić information content (AvgIpc) is 2.04. The Hall–Kier alpha value is -0.810. The molecule has 0 saturated carbocycles. The van der Waals surface area contributed by atoms with Gasteiger partial charge in [0.1, 0.15) is 0 Å². The Morgan fingerprint density at radius 1 is 1.82 bits per heavy atom. The van der Waals surface area contributed by atoms with Crippen LogP contribution in [0.2, 0.25) is 0 Å². The van der Waals surface area contributed by atoms with Crippen LogP contribution in [0.25, 0.3) is 0 Å². The second kappa shape index (κ2) is 3.54. The maximum Gasteiger partial charge on any atom is 0.408 e. The Labute approximate surface area is 65.4 Å². The molecule has 0 aromatic heterocycles. The molecule has 1 aliphatic heterocycles. The minimum atomic E-state index is -0.856. The minimum absolute atomic E-state index is 0.0822. The van der Waals surface area contributed by atoms with Crippen molar-refractivity contribution in [1.29, 1.82) is 0 Å². The monoisotopic (exact) mass is 159 g/mol. The number of nitrogens with zero attached hydrogens (tertiary/aromatic N) is 1. The molecule has 0 aliphatic carbocycles. The maximum atomic E-state index is 10.6. The number of amides is 1. The van der Waals surface area contributed by atoms with E-state index in [2.05, 4.69) is 10.6 Å². The molecule has 1 fully saturated rings. The van der Waals surface area contributed by atoms with E-state index in [0.717, 1.165) is 6.54 Å². The molecule has 1 rings (SSSR count). The summed E-state index contributed by atoms with van der Waals surface area (Å²) < 4.78 is 0. The van der Waals surface area contributed by atoms with Gasteiger partial charge in [-0.25, -0.2) is 4.79 Å². The van der Waals surface area contributed by atoms with Gasteiger partial charge in [0.25, 0.3) is 0 Å². The average molecular weight is 159 g/mol. The number of rotatable bonds is 1. The second-order valence-corrected chi connectivity index (χ2v) is 2.48. The summed E-state index contributed by atoms with van der Waals surface area (Å²) in [4.78, 5) is 12.0. The van der Waals surface area contributed by atoms with E-state index in [9.17, 15) is 4.79 Å². The summed E-state index contributed by atoms with van der Waals surface area (Å²) in [5, 5.41) is 14.7. The quantitative estimate of drug-likeness (QED) is 0.464. The summed E-state index contributed by atoms with van der Waals surface area (Å²) in [6.07, 6.45) is -0.938. The van der Waals surface area contributed by atoms with E-state index in [1.807, 2.05) is 0 Å². The highest BCUT2D eigenvalue weighted by molar-refractivity contribution is 5.65. The smallest absolute Gasteiger partial charge is 0.408 e. The second-order valence-electron chi connectivity index (χ2n) is 2.48. The Kier molecular flexibility index (Phi) is 2.67. The van der Waals surface area contributed by atoms with Gasteiger partial charge in [-0.2, -0.15) is 0 Å². The van der Waals surface area contributed by atoms with Crippen molar-refractivity contribution < 1.29 is 9.90 Å². The van der Waals surface area contributed by atoms with Crippen molar-refractivity contribution in [1.82, 2.24) is 15.5 Å². The maximum absolute atomic E-state index is 10.6. The fourth-order valence-corrected chi connectivity index (χ4v) is 1.19. The molecular formula is C6H13N3O2. The minimum Gasteiger partial charge on any atom is -0.465 e. The zero-order valence-corrected chi connectivity index (χ0v) is 6.50. The molecule has 1 aliphatic rings. The number of carboxylic acid groups (broad SMARTS) is 1. The van der Waals surface area contributed by atoms with Crippen LogP contribution in [0.1, 0.15) is 0 Å². The predicted molar refractivity (Wildman–Crippen MR) is 40.4 cm³/mol. The molecule has 1 unspecified atom stereocenters. The molecule has 1 saturated heterocycles. The third kappa shape index (κ3) is 1.81. The summed E-state index contributed by atoms with van der Waals surface area (Å²) in [7, 11) is 1.76. The Morgan fingerprint density at radius 2 is 2.55 bits per heavy atom. The van der Waals surface area contributed by atoms with Gasteiger partial charge < -0.3 is 10.4 Å². The Balaban J connectivity index is 2.51. The van der Waals surface area contributed by atoms with E-state index in [1.54, 1.807) is 7.05 Å². The van der Waals surface area contributed by atoms with Gasteiger partial charge in [0.2, 0.25) is 0 Å². The van der Waals surface area contributed by atoms with E-state index in [-0.39, 0.29) is 6.17 Å². The van der Waals surface area contributed by atoms with E-state index in [1.165, 1.54) is 4.90 Å². The van der Waals surface area contributed by atoms with Crippen molar-refractivity contribution in [3.63, 3.8) is 0 Å². The van der Waals surface area contributed by atoms with Gasteiger partial charge >= 0.3 is 6.09 Å². The molecule has 1 atom stereocenters. The summed E-state index contributed by atoms with van der Waals surface area (Å²) >= 11 is 0. The molecule has 0 bridgehead atoms. The van der Waals surface area contributed by atoms with Crippen LogP contribution in [0, 0.1) is 0 Å². The first kappa shape index (κ1) is 8.29. The third-order valence-corrected chi connectivity index (χ3v) is 1.82. The molecular weight excluding hydrogens is 146 g/mol. The summed E-state index contributed by atoms with van der Waals surface area (Å²) in [6.45, 7) is 1.98. The van der Waals surface area contributed by atoms with Crippen molar-refractivity contribution in [3.8, 4) is 0 Å². The SMILES string of the molecule is CNC1CNCCN1C(=O)O. The van der Waals surface area contributed by atoms with Crippen LogP contribution in [0.15, 0.2) is 0 Å². The standard InChI is InChI=1S/C6H13N3O2/c1-7-5-4-8-2-3-9(5)6(10)11/h5,7-8H,2-4H2,1H3,(H,10,11). The van der Waals surface area contributed by atoms with Crippen molar-refractivity contribution in [2.75, 3.05) is 26.7 Å². The van der Waals surface area contributed by atoms with Gasteiger partial charge in [-0.05, 0) is 7.05 Å². The zero-order valence-electron chi connectivity index (χ0n) is 6.50. The van der Waals surface area contributed by atoms with Crippen LogP contribution in [0.4, 0.5) is 4.79 Å². The van der Waals surface area contributed by atoms with Crippen molar-refractivity contribution in [2.45, 2.75) is 6.17 Å². The normalized spacial score (nSPS) is 25.2. The molecule has 0 spiro atoms. The van der Waals surface area contributed by atoms with Crippen molar-refractivity contribution in [3.05, 3.63) is 0 Å². The van der Waals surface area contributed by atoms with Gasteiger partial charge in [0.15, 0.2) is 0 Å². The van der Waals surface area contributed by atoms with Crippen LogP contribution in [0.3, 0.4) is 0 Å². The highest BCUT2D eigenvalue weighted by atomic mass is 16.4. The van der Waals surface area contributed by atoms with E-state index in [0.29, 0.717) is 13.1 Å². The molecule has 1 amide bonds. The molecule has 64 valence electrons. The van der Waals surface area contributed by atoms with Crippen molar-refractivity contribution in [2.24, 2.45) is 0 Å². The molecule has 0 aromatic rings. The first-order chi connectivity index (χ1) is 5.25. The van der Waals surface area contributed by atoms with Crippen LogP contribution < -0.4 is 10.6 Å². The summed E-state index contributed by atoms with van der Waals surface area (Å²) in [6, 6.07) is 0. The summed E-state index contributed by atoms with van der Waals surface area (Å²) in [5.41, 5.74) is 0. The van der Waals surface area contributed by atoms with Crippen LogP contribution in [0.5, 0.6) is 0 Å². The number of carbonyl (C=O) groups is 1. The van der Waals surface area contributed by atoms with Gasteiger partial charge in [-0.1, -0.05) is 0 Å². The molecule has 3 N–H and O–H groups in total. The van der Waals surface area contributed by atoms with Gasteiger partial charge in [-0.3, -0.25) is 10.2 Å². The van der Waals surface area contributed by atoms with Crippen LogP contribution in [-0.2, 0) is 0 Å². The number of likely N-dealkylation sites (N-methyl/N-ethyl adjacent to an activating group) is 1. The fourth-order valence-electron chi connectivity index (χ4n) is 1.19. The van der Waals surface area contributed by atoms with Gasteiger partial charge in [-0.15, -0.1) is 0 Å². The largest absolute Gasteiger partial charge is 0.465 e. The topological polar surface area (TPSA) is 64.6 Å². The van der Waals surface area contributed by atoms with E-state index in [4.69, 9.17) is 5.11 Å². The molecule has 5 heteroatoms. The Morgan fingerprint density at radius 3 is 3.00 bits per heavy atom. The number of nitrogens with one attached hydrogen (secondary N) is 2. The lowest BCUT2D eigenvalue weighted by Gasteiger charge is -2.33. The first-order valence-electron chi connectivity index (χ1n) is 3.63. The number of hydrogen-bond acceptors (Lipinski definition) is 3. The molecule has 0 aromatic carbocycles. The molecule has 1 heterocycles. The fraction of sp³-hybridized carbons (Fsp3) is 0.833. The lowest BCUT2D eigenvalue weighted by atomic mass is 10.3. The van der Waals surface area contributed by atoms with E-state index >= 15 is 0 Å². The van der Waals surface area contributed by atoms with E-state index < -0.39 is 6.09 Å². The lowest BCUT2D eigenvalue weighted by molar-refractivity contribution is 0.103. The lowest BCUT2D eigenvalue weighted by Crippen LogP contribution is -2.58. The summed E-state index contributed by atoms with van der Waals surface area (Å²) in [5.74, 6) is 0. The first-order valence-corrected chi connectivity index (χ1v) is 3.63. The highest BCUT2D eigenvalue weighted by Gasteiger charge is 2.23. The predicted octanol–water partition coefficient (Wildman–Crippen LogP) is -0.885.